The minimum absolute atomic E-state index is 0. The molecule has 0 amide bonds. The third-order valence-corrected chi connectivity index (χ3v) is 0.375. The minimum Gasteiger partial charge on any atom is -0.679 e. The number of halogens is 3. The molecular formula is C6H18CoI3N6O9-6. The van der Waals surface area contributed by atoms with E-state index in [0.717, 1.165) is 0 Å². The van der Waals surface area contributed by atoms with E-state index < -0.39 is 63.2 Å². The molecule has 0 aromatic heterocycles. The van der Waals surface area contributed by atoms with Crippen LogP contribution in [0.25, 0.3) is 34.4 Å². The first-order chi connectivity index (χ1) is 10.9. The molecule has 0 aromatic carbocycles. The second-order valence-corrected chi connectivity index (χ2v) is 5.30. The smallest absolute Gasteiger partial charge is 0.679 e. The van der Waals surface area contributed by atoms with Crippen molar-refractivity contribution >= 4 is 0 Å². The van der Waals surface area contributed by atoms with Crippen LogP contribution in [0.1, 0.15) is 0 Å². The van der Waals surface area contributed by atoms with E-state index in [0.29, 0.717) is 0 Å². The number of hydrogen-bond acceptors (Lipinski definition) is 9. The molecule has 162 valence electrons. The Labute approximate surface area is 183 Å². The van der Waals surface area contributed by atoms with E-state index in [9.17, 15) is 0 Å². The summed E-state index contributed by atoms with van der Waals surface area (Å²) in [5.74, 6) is 0. The molecule has 0 aliphatic rings. The molecule has 0 rings (SSSR count). The zero-order valence-electron chi connectivity index (χ0n) is 12.4. The topological polar surface area (TPSA) is 350 Å². The molecule has 0 atom stereocenters. The van der Waals surface area contributed by atoms with Gasteiger partial charge in [-0.25, -0.2) is 0 Å². The molecule has 15 nitrogen and oxygen atoms in total. The van der Waals surface area contributed by atoms with E-state index in [-0.39, 0.29) is 56.0 Å². The van der Waals surface area contributed by atoms with Gasteiger partial charge in [0.1, 0.15) is 0 Å². The minimum atomic E-state index is -4.01. The summed E-state index contributed by atoms with van der Waals surface area (Å²) in [4.78, 5) is 0. The van der Waals surface area contributed by atoms with Gasteiger partial charge >= 0.3 is 16.8 Å². The van der Waals surface area contributed by atoms with Gasteiger partial charge in [0, 0.05) is 0 Å². The van der Waals surface area contributed by atoms with Crippen molar-refractivity contribution in [3.8, 4) is 0 Å². The SMILES string of the molecule is [Co+3].[NH-]CC[NH-].[NH-]CC[NH-].[NH-]CC[NH-].[O-][I+2]([O-])[O-].[O-][I+2]([O-])[O-].[O-][I+2]([O-])[O-]. The van der Waals surface area contributed by atoms with E-state index in [1.807, 2.05) is 0 Å². The Balaban J connectivity index is -0.0000000309. The predicted octanol–water partition coefficient (Wildman–Crippen LogP) is -16.4. The zero-order valence-corrected chi connectivity index (χ0v) is 19.9. The average Bonchev–Trinajstić information content (AvgIpc) is 2.45. The van der Waals surface area contributed by atoms with Crippen molar-refractivity contribution in [3.05, 3.63) is 34.4 Å². The molecule has 0 radical (unpaired) electrons. The molecule has 0 fully saturated rings. The van der Waals surface area contributed by atoms with Crippen molar-refractivity contribution in [2.75, 3.05) is 39.3 Å². The van der Waals surface area contributed by atoms with Crippen molar-refractivity contribution in [1.29, 1.82) is 0 Å². The molecule has 0 aliphatic heterocycles. The van der Waals surface area contributed by atoms with Gasteiger partial charge in [-0.1, -0.05) is 0 Å². The van der Waals surface area contributed by atoms with Crippen LogP contribution in [0.3, 0.4) is 0 Å². The van der Waals surface area contributed by atoms with Crippen LogP contribution in [0.5, 0.6) is 0 Å². The fourth-order valence-corrected chi connectivity index (χ4v) is 0. The van der Waals surface area contributed by atoms with Crippen LogP contribution in [-0.4, -0.2) is 39.3 Å². The maximum atomic E-state index is 8.57. The van der Waals surface area contributed by atoms with Crippen LogP contribution >= 0.6 is 0 Å². The largest absolute Gasteiger partial charge is 3.00 e. The quantitative estimate of drug-likeness (QED) is 0.246. The monoisotopic (exact) mass is 758 g/mol. The standard InChI is InChI=1S/3C2H6N2.Co.3IO3/c3*3-1-2-4;;3*2-1(3)4/h3*3-4H,1-2H2;;;;/q3*-2;+3;3*-1. The third-order valence-electron chi connectivity index (χ3n) is 0.375. The van der Waals surface area contributed by atoms with Gasteiger partial charge in [0.05, 0.1) is 0 Å². The van der Waals surface area contributed by atoms with E-state index in [1.54, 1.807) is 0 Å². The second-order valence-electron chi connectivity index (χ2n) is 2.07. The number of nitrogens with one attached hydrogen (secondary N) is 6. The van der Waals surface area contributed by atoms with E-state index in [2.05, 4.69) is 0 Å². The average molecular weight is 758 g/mol. The van der Waals surface area contributed by atoms with Crippen LogP contribution in [0, 0.1) is 0 Å². The Bertz CT molecular complexity index is 125. The summed E-state index contributed by atoms with van der Waals surface area (Å²) in [6.07, 6.45) is 0. The Morgan fingerprint density at radius 1 is 0.360 bits per heavy atom. The maximum absolute atomic E-state index is 8.57. The fraction of sp³-hybridized carbons (Fsp3) is 1.00. The van der Waals surface area contributed by atoms with Gasteiger partial charge in [-0.05, 0) is 0 Å². The predicted molar refractivity (Wildman–Crippen MR) is 55.1 cm³/mol. The van der Waals surface area contributed by atoms with Crippen LogP contribution < -0.4 is 94.1 Å². The molecule has 0 aliphatic carbocycles. The maximum Gasteiger partial charge on any atom is 3.00 e. The summed E-state index contributed by atoms with van der Waals surface area (Å²) in [6, 6.07) is 0. The molecule has 0 aromatic rings. The molecule has 0 saturated carbocycles. The molecular weight excluding hydrogens is 740 g/mol. The van der Waals surface area contributed by atoms with E-state index in [1.165, 1.54) is 0 Å². The summed E-state index contributed by atoms with van der Waals surface area (Å²) in [7, 11) is 0. The first-order valence-electron chi connectivity index (χ1n) is 5.01. The Morgan fingerprint density at radius 3 is 0.400 bits per heavy atom. The van der Waals surface area contributed by atoms with Crippen molar-refractivity contribution in [2.24, 2.45) is 0 Å². The van der Waals surface area contributed by atoms with Gasteiger partial charge in [0.15, 0.2) is 0 Å². The summed E-state index contributed by atoms with van der Waals surface area (Å²) < 4.78 is 77.2. The molecule has 6 N–H and O–H groups in total. The molecule has 0 bridgehead atoms. The van der Waals surface area contributed by atoms with Crippen LogP contribution in [-0.2, 0) is 16.8 Å². The molecule has 25 heavy (non-hydrogen) atoms. The van der Waals surface area contributed by atoms with E-state index >= 15 is 0 Å². The second kappa shape index (κ2) is 56.2. The number of rotatable bonds is 3. The van der Waals surface area contributed by atoms with Gasteiger partial charge in [0.25, 0.3) is 63.2 Å². The normalized spacial score (nSPS) is 7.92. The number of hydrogen-bond donors (Lipinski definition) is 0. The van der Waals surface area contributed by atoms with Gasteiger partial charge < -0.3 is 65.3 Å². The van der Waals surface area contributed by atoms with Gasteiger partial charge in [0.2, 0.25) is 0 Å². The summed E-state index contributed by atoms with van der Waals surface area (Å²) in [6.45, 7) is 1.42. The van der Waals surface area contributed by atoms with Gasteiger partial charge in [-0.2, -0.15) is 39.3 Å². The fourth-order valence-electron chi connectivity index (χ4n) is 0. The third kappa shape index (κ3) is 583. The van der Waals surface area contributed by atoms with Crippen molar-refractivity contribution in [2.45, 2.75) is 0 Å². The van der Waals surface area contributed by atoms with Crippen molar-refractivity contribution < 1.29 is 111 Å². The van der Waals surface area contributed by atoms with E-state index in [4.69, 9.17) is 65.3 Å². The Hall–Kier alpha value is 2.10. The van der Waals surface area contributed by atoms with Crippen LogP contribution in [0.15, 0.2) is 0 Å². The molecule has 0 heterocycles. The van der Waals surface area contributed by atoms with Crippen LogP contribution in [0.4, 0.5) is 0 Å². The van der Waals surface area contributed by atoms with Gasteiger partial charge in [-0.15, -0.1) is 0 Å². The van der Waals surface area contributed by atoms with Gasteiger partial charge in [-0.3, -0.25) is 0 Å². The molecule has 0 unspecified atom stereocenters. The first kappa shape index (κ1) is 45.7. The Morgan fingerprint density at radius 2 is 0.400 bits per heavy atom. The van der Waals surface area contributed by atoms with Crippen LogP contribution in [0.2, 0.25) is 0 Å². The summed E-state index contributed by atoms with van der Waals surface area (Å²) in [5, 5.41) is 0. The van der Waals surface area contributed by atoms with Crippen molar-refractivity contribution in [3.63, 3.8) is 0 Å². The van der Waals surface area contributed by atoms with Crippen molar-refractivity contribution in [1.82, 2.24) is 0 Å². The molecule has 0 spiro atoms. The zero-order chi connectivity index (χ0) is 21.0. The summed E-state index contributed by atoms with van der Waals surface area (Å²) in [5.41, 5.74) is 37.6. The first-order valence-corrected chi connectivity index (χ1v) is 12.9. The molecule has 19 heteroatoms. The summed E-state index contributed by atoms with van der Waals surface area (Å²) >= 11 is -12.0. The molecule has 0 saturated heterocycles. The Kier molecular flexibility index (Phi) is 103.